The van der Waals surface area contributed by atoms with Gasteiger partial charge in [-0.1, -0.05) is 65.0 Å². The van der Waals surface area contributed by atoms with Crippen molar-refractivity contribution in [2.24, 2.45) is 4.99 Å². The first kappa shape index (κ1) is 25.1. The maximum atomic E-state index is 14.2. The Balaban J connectivity index is 1.33. The number of rotatable bonds is 6. The second kappa shape index (κ2) is 10.2. The zero-order valence-electron chi connectivity index (χ0n) is 20.7. The van der Waals surface area contributed by atoms with Crippen molar-refractivity contribution in [1.29, 1.82) is 0 Å². The molecule has 1 fully saturated rings. The van der Waals surface area contributed by atoms with Gasteiger partial charge < -0.3 is 24.7 Å². The number of para-hydroxylation sites is 1. The highest BCUT2D eigenvalue weighted by Gasteiger charge is 2.34. The summed E-state index contributed by atoms with van der Waals surface area (Å²) in [7, 11) is 0. The summed E-state index contributed by atoms with van der Waals surface area (Å²) in [6, 6.07) is 16.8. The molecule has 13 heteroatoms. The average Bonchev–Trinajstić information content (AvgIpc) is 3.57. The molecule has 1 atom stereocenters. The van der Waals surface area contributed by atoms with Crippen LogP contribution in [0.1, 0.15) is 23.1 Å². The number of benzodiazepines with no additional fused rings is 1. The second-order valence-corrected chi connectivity index (χ2v) is 9.98. The van der Waals surface area contributed by atoms with Crippen LogP contribution in [0.25, 0.3) is 11.6 Å². The number of thiazole rings is 1. The van der Waals surface area contributed by atoms with E-state index in [1.807, 2.05) is 53.4 Å². The number of halogens is 2. The third-order valence-corrected chi connectivity index (χ3v) is 7.45. The van der Waals surface area contributed by atoms with E-state index in [4.69, 9.17) is 14.1 Å². The molecule has 0 unspecified atom stereocenters. The first-order valence-corrected chi connectivity index (χ1v) is 13.0. The van der Waals surface area contributed by atoms with Crippen molar-refractivity contribution in [1.82, 2.24) is 15.2 Å². The molecule has 1 saturated heterocycles. The van der Waals surface area contributed by atoms with Crippen molar-refractivity contribution < 1.29 is 22.7 Å². The van der Waals surface area contributed by atoms with Crippen LogP contribution in [-0.4, -0.2) is 59.3 Å². The average molecular weight is 552 g/mol. The van der Waals surface area contributed by atoms with Crippen LogP contribution in [0.3, 0.4) is 0 Å². The van der Waals surface area contributed by atoms with E-state index in [0.717, 1.165) is 29.4 Å². The molecular weight excluding hydrogens is 528 g/mol. The monoisotopic (exact) mass is 551 g/mol. The van der Waals surface area contributed by atoms with Crippen LogP contribution in [0.15, 0.2) is 64.0 Å². The van der Waals surface area contributed by atoms with Crippen molar-refractivity contribution in [3.05, 3.63) is 70.7 Å². The van der Waals surface area contributed by atoms with Gasteiger partial charge in [0.25, 0.3) is 17.7 Å². The number of benzene rings is 2. The fraction of sp³-hybridized carbons (Fsp3) is 0.269. The van der Waals surface area contributed by atoms with E-state index in [2.05, 4.69) is 25.8 Å². The highest BCUT2D eigenvalue weighted by atomic mass is 32.1. The molecule has 2 aromatic carbocycles. The topological polar surface area (TPSA) is 118 Å². The van der Waals surface area contributed by atoms with Gasteiger partial charge in [0.05, 0.1) is 24.6 Å². The van der Waals surface area contributed by atoms with Gasteiger partial charge in [0, 0.05) is 31.1 Å². The lowest BCUT2D eigenvalue weighted by Crippen LogP contribution is -2.36. The summed E-state index contributed by atoms with van der Waals surface area (Å²) in [4.78, 5) is 23.9. The van der Waals surface area contributed by atoms with E-state index < -0.39 is 18.0 Å². The molecule has 0 aliphatic carbocycles. The molecule has 39 heavy (non-hydrogen) atoms. The normalized spacial score (nSPS) is 17.7. The van der Waals surface area contributed by atoms with E-state index in [1.165, 1.54) is 0 Å². The summed E-state index contributed by atoms with van der Waals surface area (Å²) in [6.45, 7) is 2.76. The van der Waals surface area contributed by atoms with E-state index >= 15 is 0 Å². The lowest BCUT2D eigenvalue weighted by molar-refractivity contribution is -0.116. The minimum atomic E-state index is -3.14. The highest BCUT2D eigenvalue weighted by Crippen LogP contribution is 2.42. The number of ether oxygens (including phenoxy) is 1. The maximum Gasteiger partial charge on any atom is 0.317 e. The standard InChI is InChI=1S/C26H23F2N7O3S/c1-26(27,28)24-31-19(23(39-24)35-11-13-37-14-12-35)22-33-34-25(38-22)32-20-21(36)29-17-10-6-5-9-16(17)18(30-20)15-7-3-2-4-8-15/h2-10,20H,11-14H2,1H3,(H,29,36)(H,32,34)/t20-/m1/s1. The van der Waals surface area contributed by atoms with Crippen molar-refractivity contribution in [3.63, 3.8) is 0 Å². The predicted molar refractivity (Wildman–Crippen MR) is 143 cm³/mol. The van der Waals surface area contributed by atoms with E-state index in [0.29, 0.717) is 42.7 Å². The van der Waals surface area contributed by atoms with Crippen LogP contribution < -0.4 is 15.5 Å². The fourth-order valence-corrected chi connectivity index (χ4v) is 5.34. The molecule has 10 nitrogen and oxygen atoms in total. The quantitative estimate of drug-likeness (QED) is 0.363. The summed E-state index contributed by atoms with van der Waals surface area (Å²) < 4.78 is 39.6. The number of nitrogens with one attached hydrogen (secondary N) is 2. The Morgan fingerprint density at radius 2 is 1.82 bits per heavy atom. The minimum absolute atomic E-state index is 0.0460. The number of aliphatic imine (C=N–C) groups is 1. The molecule has 4 heterocycles. The van der Waals surface area contributed by atoms with Gasteiger partial charge in [-0.2, -0.15) is 8.78 Å². The number of hydrogen-bond acceptors (Lipinski definition) is 10. The molecule has 1 amide bonds. The van der Waals surface area contributed by atoms with Gasteiger partial charge in [-0.05, 0) is 6.07 Å². The van der Waals surface area contributed by atoms with Crippen molar-refractivity contribution in [3.8, 4) is 11.6 Å². The number of fused-ring (bicyclic) bond motifs is 1. The summed E-state index contributed by atoms with van der Waals surface area (Å²) in [5, 5.41) is 14.0. The molecular formula is C26H23F2N7O3S. The first-order valence-electron chi connectivity index (χ1n) is 12.2. The number of aromatic nitrogens is 3. The molecule has 200 valence electrons. The van der Waals surface area contributed by atoms with Gasteiger partial charge in [0.2, 0.25) is 6.17 Å². The van der Waals surface area contributed by atoms with Gasteiger partial charge in [0.1, 0.15) is 5.00 Å². The Morgan fingerprint density at radius 3 is 2.59 bits per heavy atom. The molecule has 0 radical (unpaired) electrons. The van der Waals surface area contributed by atoms with Crippen LogP contribution in [0, 0.1) is 0 Å². The van der Waals surface area contributed by atoms with E-state index in [9.17, 15) is 13.6 Å². The number of hydrogen-bond donors (Lipinski definition) is 2. The van der Waals surface area contributed by atoms with Crippen molar-refractivity contribution in [2.75, 3.05) is 41.8 Å². The number of carbonyl (C=O) groups is 1. The second-order valence-electron chi connectivity index (χ2n) is 9.00. The molecule has 0 bridgehead atoms. The Kier molecular flexibility index (Phi) is 6.53. The van der Waals surface area contributed by atoms with Crippen molar-refractivity contribution >= 4 is 39.7 Å². The minimum Gasteiger partial charge on any atom is -0.402 e. The maximum absolute atomic E-state index is 14.2. The molecule has 2 aromatic heterocycles. The van der Waals surface area contributed by atoms with Gasteiger partial charge in [0.15, 0.2) is 10.7 Å². The third-order valence-electron chi connectivity index (χ3n) is 6.16. The summed E-state index contributed by atoms with van der Waals surface area (Å²) in [5.74, 6) is -3.61. The lowest BCUT2D eigenvalue weighted by Gasteiger charge is -2.27. The molecule has 2 aliphatic rings. The van der Waals surface area contributed by atoms with Gasteiger partial charge in [-0.15, -0.1) is 5.10 Å². The van der Waals surface area contributed by atoms with Crippen LogP contribution in [0.2, 0.25) is 0 Å². The van der Waals surface area contributed by atoms with E-state index in [1.54, 1.807) is 6.07 Å². The van der Waals surface area contributed by atoms with E-state index in [-0.39, 0.29) is 22.6 Å². The Hall–Kier alpha value is -4.23. The number of nitrogens with zero attached hydrogens (tertiary/aromatic N) is 5. The summed E-state index contributed by atoms with van der Waals surface area (Å²) >= 11 is 0.882. The van der Waals surface area contributed by atoms with Gasteiger partial charge in [-0.3, -0.25) is 4.79 Å². The molecule has 2 N–H and O–H groups in total. The fourth-order valence-electron chi connectivity index (χ4n) is 4.29. The Bertz CT molecular complexity index is 1530. The van der Waals surface area contributed by atoms with Crippen LogP contribution in [0.4, 0.5) is 25.5 Å². The lowest BCUT2D eigenvalue weighted by atomic mass is 10.0. The number of anilines is 3. The van der Waals surface area contributed by atoms with Crippen molar-refractivity contribution in [2.45, 2.75) is 19.0 Å². The summed E-state index contributed by atoms with van der Waals surface area (Å²) in [5.41, 5.74) is 2.96. The van der Waals surface area contributed by atoms with Gasteiger partial charge >= 0.3 is 6.01 Å². The molecule has 6 rings (SSSR count). The van der Waals surface area contributed by atoms with Crippen LogP contribution in [-0.2, 0) is 15.5 Å². The molecule has 0 saturated carbocycles. The molecule has 2 aliphatic heterocycles. The Labute approximate surface area is 225 Å². The smallest absolute Gasteiger partial charge is 0.317 e. The number of alkyl halides is 2. The number of amides is 1. The van der Waals surface area contributed by atoms with Crippen LogP contribution >= 0.6 is 11.3 Å². The first-order chi connectivity index (χ1) is 18.9. The SMILES string of the molecule is CC(F)(F)c1nc(-c2nnc(N[C@H]3N=C(c4ccccc4)c4ccccc4NC3=O)o2)c(N2CCOCC2)s1. The number of carbonyl (C=O) groups excluding carboxylic acids is 1. The van der Waals surface area contributed by atoms with Crippen LogP contribution in [0.5, 0.6) is 0 Å². The summed E-state index contributed by atoms with van der Waals surface area (Å²) in [6.07, 6.45) is -1.11. The predicted octanol–water partition coefficient (Wildman–Crippen LogP) is 4.37. The van der Waals surface area contributed by atoms with Gasteiger partial charge in [-0.25, -0.2) is 9.98 Å². The zero-order valence-corrected chi connectivity index (χ0v) is 21.5. The zero-order chi connectivity index (χ0) is 27.0. The third kappa shape index (κ3) is 5.10. The Morgan fingerprint density at radius 1 is 1.08 bits per heavy atom. The number of morpholine rings is 1. The largest absolute Gasteiger partial charge is 0.402 e. The highest BCUT2D eigenvalue weighted by molar-refractivity contribution is 7.16. The molecule has 4 aromatic rings. The molecule has 0 spiro atoms.